The molecule has 1 heterocycles. The fourth-order valence-corrected chi connectivity index (χ4v) is 2.08. The number of hydrogen-bond donors (Lipinski definition) is 1. The zero-order valence-corrected chi connectivity index (χ0v) is 13.1. The largest absolute Gasteiger partial charge is 0.497 e. The number of ether oxygens (including phenoxy) is 1. The highest BCUT2D eigenvalue weighted by Crippen LogP contribution is 2.15. The Morgan fingerprint density at radius 3 is 2.54 bits per heavy atom. The molecular formula is C19H16N2O3. The first-order chi connectivity index (χ1) is 11.7. The molecule has 120 valence electrons. The van der Waals surface area contributed by atoms with Gasteiger partial charge in [0.1, 0.15) is 5.75 Å². The van der Waals surface area contributed by atoms with Crippen LogP contribution < -0.4 is 10.1 Å². The number of benzene rings is 2. The maximum absolute atomic E-state index is 12.1. The molecular weight excluding hydrogens is 304 g/mol. The monoisotopic (exact) mass is 320 g/mol. The molecule has 3 rings (SSSR count). The first-order valence-corrected chi connectivity index (χ1v) is 7.40. The molecule has 0 saturated heterocycles. The molecule has 1 aromatic heterocycles. The highest BCUT2D eigenvalue weighted by molar-refractivity contribution is 6.03. The van der Waals surface area contributed by atoms with Crippen LogP contribution in [0.2, 0.25) is 0 Å². The van der Waals surface area contributed by atoms with Gasteiger partial charge in [0, 0.05) is 11.8 Å². The summed E-state index contributed by atoms with van der Waals surface area (Å²) in [5.74, 6) is 0.991. The molecule has 0 bridgehead atoms. The van der Waals surface area contributed by atoms with Crippen LogP contribution in [0.25, 0.3) is 12.2 Å². The van der Waals surface area contributed by atoms with E-state index >= 15 is 0 Å². The molecule has 0 aliphatic heterocycles. The minimum atomic E-state index is -0.311. The number of nitrogens with one attached hydrogen (secondary N) is 1. The van der Waals surface area contributed by atoms with Gasteiger partial charge in [0.25, 0.3) is 5.91 Å². The van der Waals surface area contributed by atoms with Gasteiger partial charge in [-0.25, -0.2) is 0 Å². The van der Waals surface area contributed by atoms with Crippen molar-refractivity contribution in [2.24, 2.45) is 0 Å². The molecule has 24 heavy (non-hydrogen) atoms. The predicted molar refractivity (Wildman–Crippen MR) is 92.8 cm³/mol. The Morgan fingerprint density at radius 2 is 1.83 bits per heavy atom. The zero-order valence-electron chi connectivity index (χ0n) is 13.1. The van der Waals surface area contributed by atoms with Crippen molar-refractivity contribution in [3.8, 4) is 5.75 Å². The first-order valence-electron chi connectivity index (χ1n) is 7.40. The van der Waals surface area contributed by atoms with E-state index in [0.29, 0.717) is 11.4 Å². The summed E-state index contributed by atoms with van der Waals surface area (Å²) in [5, 5.41) is 6.55. The maximum atomic E-state index is 12.1. The van der Waals surface area contributed by atoms with Gasteiger partial charge in [-0.2, -0.15) is 0 Å². The highest BCUT2D eigenvalue weighted by atomic mass is 16.5. The van der Waals surface area contributed by atoms with Crippen LogP contribution in [0.1, 0.15) is 21.8 Å². The Labute approximate surface area is 139 Å². The fraction of sp³-hybridized carbons (Fsp3) is 0.0526. The van der Waals surface area contributed by atoms with Crippen LogP contribution >= 0.6 is 0 Å². The molecule has 0 unspecified atom stereocenters. The van der Waals surface area contributed by atoms with E-state index in [1.54, 1.807) is 19.3 Å². The van der Waals surface area contributed by atoms with Crippen molar-refractivity contribution in [2.75, 3.05) is 12.4 Å². The summed E-state index contributed by atoms with van der Waals surface area (Å²) in [6.07, 6.45) is 3.63. The molecule has 5 heteroatoms. The van der Waals surface area contributed by atoms with Crippen molar-refractivity contribution >= 4 is 23.7 Å². The SMILES string of the molecule is COc1ccc(/C=C/c2cc(C(=O)Nc3ccccc3)no2)cc1. The van der Waals surface area contributed by atoms with E-state index in [-0.39, 0.29) is 11.6 Å². The summed E-state index contributed by atoms with van der Waals surface area (Å²) < 4.78 is 10.3. The third-order valence-corrected chi connectivity index (χ3v) is 3.35. The average Bonchev–Trinajstić information content (AvgIpc) is 3.10. The zero-order chi connectivity index (χ0) is 16.8. The Hall–Kier alpha value is -3.34. The summed E-state index contributed by atoms with van der Waals surface area (Å²) >= 11 is 0. The third kappa shape index (κ3) is 3.89. The second kappa shape index (κ2) is 7.28. The Morgan fingerprint density at radius 1 is 1.08 bits per heavy atom. The molecule has 0 aliphatic carbocycles. The lowest BCUT2D eigenvalue weighted by atomic mass is 10.2. The standard InChI is InChI=1S/C19H16N2O3/c1-23-16-10-7-14(8-11-16)9-12-17-13-18(21-24-17)19(22)20-15-5-3-2-4-6-15/h2-13H,1H3,(H,20,22)/b12-9+. The summed E-state index contributed by atoms with van der Waals surface area (Å²) in [7, 11) is 1.63. The Balaban J connectivity index is 1.66. The molecule has 0 spiro atoms. The minimum absolute atomic E-state index is 0.230. The number of aromatic nitrogens is 1. The van der Waals surface area contributed by atoms with E-state index in [2.05, 4.69) is 10.5 Å². The van der Waals surface area contributed by atoms with Crippen LogP contribution in [0.15, 0.2) is 65.2 Å². The summed E-state index contributed by atoms with van der Waals surface area (Å²) in [6, 6.07) is 18.4. The molecule has 0 saturated carbocycles. The van der Waals surface area contributed by atoms with Crippen LogP contribution in [0.5, 0.6) is 5.75 Å². The van der Waals surface area contributed by atoms with Gasteiger partial charge < -0.3 is 14.6 Å². The molecule has 3 aromatic rings. The Bertz CT molecular complexity index is 837. The maximum Gasteiger partial charge on any atom is 0.277 e. The van der Waals surface area contributed by atoms with Crippen LogP contribution in [0.3, 0.4) is 0 Å². The number of methoxy groups -OCH3 is 1. The molecule has 1 amide bonds. The number of amides is 1. The topological polar surface area (TPSA) is 64.4 Å². The van der Waals surface area contributed by atoms with Gasteiger partial charge in [-0.1, -0.05) is 41.6 Å². The smallest absolute Gasteiger partial charge is 0.277 e. The molecule has 2 aromatic carbocycles. The predicted octanol–water partition coefficient (Wildman–Crippen LogP) is 4.11. The number of hydrogen-bond acceptors (Lipinski definition) is 4. The van der Waals surface area contributed by atoms with E-state index in [9.17, 15) is 4.79 Å². The van der Waals surface area contributed by atoms with Crippen LogP contribution in [-0.4, -0.2) is 18.2 Å². The molecule has 1 N–H and O–H groups in total. The van der Waals surface area contributed by atoms with E-state index in [1.165, 1.54) is 0 Å². The molecule has 5 nitrogen and oxygen atoms in total. The highest BCUT2D eigenvalue weighted by Gasteiger charge is 2.11. The first kappa shape index (κ1) is 15.6. The van der Waals surface area contributed by atoms with Crippen LogP contribution in [0, 0.1) is 0 Å². The van der Waals surface area contributed by atoms with Gasteiger partial charge >= 0.3 is 0 Å². The molecule has 0 aliphatic rings. The summed E-state index contributed by atoms with van der Waals surface area (Å²) in [6.45, 7) is 0. The van der Waals surface area contributed by atoms with Crippen molar-refractivity contribution in [3.63, 3.8) is 0 Å². The second-order valence-corrected chi connectivity index (χ2v) is 5.04. The normalized spacial score (nSPS) is 10.7. The number of carbonyl (C=O) groups excluding carboxylic acids is 1. The number of carbonyl (C=O) groups is 1. The number of nitrogens with zero attached hydrogens (tertiary/aromatic N) is 1. The average molecular weight is 320 g/mol. The number of para-hydroxylation sites is 1. The molecule has 0 radical (unpaired) electrons. The third-order valence-electron chi connectivity index (χ3n) is 3.35. The lowest BCUT2D eigenvalue weighted by molar-refractivity contribution is 0.101. The number of rotatable bonds is 5. The van der Waals surface area contributed by atoms with Crippen molar-refractivity contribution in [2.45, 2.75) is 0 Å². The van der Waals surface area contributed by atoms with Crippen molar-refractivity contribution < 1.29 is 14.1 Å². The van der Waals surface area contributed by atoms with Crippen LogP contribution in [0.4, 0.5) is 5.69 Å². The number of anilines is 1. The van der Waals surface area contributed by atoms with Gasteiger partial charge in [-0.15, -0.1) is 0 Å². The lowest BCUT2D eigenvalue weighted by Crippen LogP contribution is -2.11. The van der Waals surface area contributed by atoms with Crippen LogP contribution in [-0.2, 0) is 0 Å². The summed E-state index contributed by atoms with van der Waals surface area (Å²) in [5.41, 5.74) is 1.93. The minimum Gasteiger partial charge on any atom is -0.497 e. The van der Waals surface area contributed by atoms with Gasteiger partial charge in [0.05, 0.1) is 7.11 Å². The fourth-order valence-electron chi connectivity index (χ4n) is 2.08. The van der Waals surface area contributed by atoms with Crippen molar-refractivity contribution in [1.29, 1.82) is 0 Å². The molecule has 0 atom stereocenters. The van der Waals surface area contributed by atoms with Gasteiger partial charge in [0.2, 0.25) is 0 Å². The van der Waals surface area contributed by atoms with Gasteiger partial charge in [-0.05, 0) is 35.9 Å². The lowest BCUT2D eigenvalue weighted by Gasteiger charge is -2.00. The van der Waals surface area contributed by atoms with Gasteiger partial charge in [-0.3, -0.25) is 4.79 Å². The quantitative estimate of drug-likeness (QED) is 0.768. The van der Waals surface area contributed by atoms with E-state index in [0.717, 1.165) is 11.3 Å². The van der Waals surface area contributed by atoms with E-state index in [1.807, 2.05) is 60.7 Å². The van der Waals surface area contributed by atoms with Crippen molar-refractivity contribution in [1.82, 2.24) is 5.16 Å². The summed E-state index contributed by atoms with van der Waals surface area (Å²) in [4.78, 5) is 12.1. The molecule has 0 fully saturated rings. The van der Waals surface area contributed by atoms with Gasteiger partial charge in [0.15, 0.2) is 11.5 Å². The van der Waals surface area contributed by atoms with Crippen molar-refractivity contribution in [3.05, 3.63) is 77.7 Å². The van der Waals surface area contributed by atoms with E-state index in [4.69, 9.17) is 9.26 Å². The van der Waals surface area contributed by atoms with E-state index < -0.39 is 0 Å². The second-order valence-electron chi connectivity index (χ2n) is 5.04. The Kier molecular flexibility index (Phi) is 4.72.